The second-order valence-electron chi connectivity index (χ2n) is 5.98. The Bertz CT molecular complexity index is 561. The molecule has 0 spiro atoms. The van der Waals surface area contributed by atoms with Crippen molar-refractivity contribution in [1.29, 1.82) is 0 Å². The maximum Gasteiger partial charge on any atom is 0.126 e. The molecule has 1 saturated carbocycles. The van der Waals surface area contributed by atoms with Gasteiger partial charge in [-0.15, -0.1) is 0 Å². The Labute approximate surface area is 107 Å². The smallest absolute Gasteiger partial charge is 0.126 e. The molecule has 18 heavy (non-hydrogen) atoms. The molecule has 0 amide bonds. The van der Waals surface area contributed by atoms with Gasteiger partial charge < -0.3 is 10.7 Å². The lowest BCUT2D eigenvalue weighted by molar-refractivity contribution is 0.522. The van der Waals surface area contributed by atoms with Gasteiger partial charge in [0.2, 0.25) is 0 Å². The van der Waals surface area contributed by atoms with Crippen LogP contribution in [0.4, 0.5) is 0 Å². The number of nitrogens with one attached hydrogen (secondary N) is 1. The van der Waals surface area contributed by atoms with Crippen LogP contribution in [0, 0.1) is 5.92 Å². The number of aromatic nitrogens is 3. The zero-order chi connectivity index (χ0) is 12.8. The lowest BCUT2D eigenvalue weighted by Crippen LogP contribution is -2.30. The normalized spacial score (nSPS) is 16.4. The number of hydrogen-bond acceptors (Lipinski definition) is 3. The average Bonchev–Trinajstić information content (AvgIpc) is 3.02. The van der Waals surface area contributed by atoms with Gasteiger partial charge in [0.05, 0.1) is 22.8 Å². The van der Waals surface area contributed by atoms with Crippen LogP contribution in [0.5, 0.6) is 0 Å². The highest BCUT2D eigenvalue weighted by Crippen LogP contribution is 2.33. The maximum absolute atomic E-state index is 6.05. The first kappa shape index (κ1) is 11.7. The highest BCUT2D eigenvalue weighted by Gasteiger charge is 2.21. The van der Waals surface area contributed by atoms with E-state index in [1.54, 1.807) is 0 Å². The molecule has 2 aromatic rings. The second kappa shape index (κ2) is 4.05. The fourth-order valence-electron chi connectivity index (χ4n) is 2.15. The minimum absolute atomic E-state index is 0.437. The molecule has 2 heterocycles. The number of H-pyrrole nitrogens is 1. The van der Waals surface area contributed by atoms with Crippen molar-refractivity contribution in [3.05, 3.63) is 23.8 Å². The van der Waals surface area contributed by atoms with Crippen LogP contribution < -0.4 is 5.73 Å². The molecule has 4 nitrogen and oxygen atoms in total. The van der Waals surface area contributed by atoms with Crippen LogP contribution in [0.25, 0.3) is 11.0 Å². The molecule has 4 heteroatoms. The molecule has 0 aliphatic heterocycles. The van der Waals surface area contributed by atoms with Gasteiger partial charge in [0, 0.05) is 5.69 Å². The Morgan fingerprint density at radius 1 is 1.44 bits per heavy atom. The summed E-state index contributed by atoms with van der Waals surface area (Å²) < 4.78 is 0. The molecule has 1 aliphatic carbocycles. The first-order valence-electron chi connectivity index (χ1n) is 6.66. The van der Waals surface area contributed by atoms with E-state index in [0.717, 1.165) is 34.9 Å². The number of hydrogen-bond donors (Lipinski definition) is 2. The minimum Gasteiger partial charge on any atom is -0.339 e. The number of nitrogens with two attached hydrogens (primary N) is 1. The summed E-state index contributed by atoms with van der Waals surface area (Å²) in [6.07, 6.45) is 7.00. The molecule has 96 valence electrons. The van der Waals surface area contributed by atoms with Crippen molar-refractivity contribution < 1.29 is 0 Å². The molecular formula is C14H20N4. The van der Waals surface area contributed by atoms with Crippen LogP contribution in [-0.2, 0) is 12.0 Å². The van der Waals surface area contributed by atoms with Gasteiger partial charge in [-0.25, -0.2) is 4.98 Å². The lowest BCUT2D eigenvalue weighted by atomic mass is 10.1. The monoisotopic (exact) mass is 244 g/mol. The highest BCUT2D eigenvalue weighted by molar-refractivity contribution is 5.74. The summed E-state index contributed by atoms with van der Waals surface area (Å²) in [6, 6.07) is 2.09. The molecule has 0 atom stereocenters. The number of nitrogens with zero attached hydrogens (tertiary/aromatic N) is 2. The molecule has 0 saturated heterocycles. The zero-order valence-electron chi connectivity index (χ0n) is 11.0. The summed E-state index contributed by atoms with van der Waals surface area (Å²) >= 11 is 0. The summed E-state index contributed by atoms with van der Waals surface area (Å²) in [5.41, 5.74) is 8.70. The Hall–Kier alpha value is -1.42. The molecule has 1 fully saturated rings. The average molecular weight is 244 g/mol. The minimum atomic E-state index is -0.437. The van der Waals surface area contributed by atoms with Gasteiger partial charge in [0.25, 0.3) is 0 Å². The Morgan fingerprint density at radius 2 is 2.22 bits per heavy atom. The van der Waals surface area contributed by atoms with Gasteiger partial charge in [0.15, 0.2) is 0 Å². The van der Waals surface area contributed by atoms with Crippen LogP contribution in [0.15, 0.2) is 12.3 Å². The summed E-state index contributed by atoms with van der Waals surface area (Å²) in [5, 5.41) is 0. The highest BCUT2D eigenvalue weighted by atomic mass is 15.0. The third kappa shape index (κ3) is 2.38. The van der Waals surface area contributed by atoms with Gasteiger partial charge in [-0.2, -0.15) is 0 Å². The predicted octanol–water partition coefficient (Wildman–Crippen LogP) is 2.49. The van der Waals surface area contributed by atoms with Gasteiger partial charge in [0.1, 0.15) is 5.82 Å². The van der Waals surface area contributed by atoms with E-state index in [1.807, 2.05) is 20.0 Å². The van der Waals surface area contributed by atoms with Crippen molar-refractivity contribution in [2.75, 3.05) is 0 Å². The van der Waals surface area contributed by atoms with Gasteiger partial charge in [-0.05, 0) is 38.7 Å². The van der Waals surface area contributed by atoms with Crippen LogP contribution in [0.3, 0.4) is 0 Å². The van der Waals surface area contributed by atoms with E-state index >= 15 is 0 Å². The van der Waals surface area contributed by atoms with Gasteiger partial charge >= 0.3 is 0 Å². The third-order valence-electron chi connectivity index (χ3n) is 3.54. The molecule has 1 aliphatic rings. The number of aromatic amines is 1. The molecule has 0 radical (unpaired) electrons. The molecule has 3 rings (SSSR count). The molecule has 0 aromatic carbocycles. The molecular weight excluding hydrogens is 224 g/mol. The SMILES string of the molecule is CC(C)(N)c1nc2cc(CCC3CC3)ncc2[nH]1. The van der Waals surface area contributed by atoms with E-state index in [0.29, 0.717) is 0 Å². The van der Waals surface area contributed by atoms with E-state index in [4.69, 9.17) is 5.73 Å². The molecule has 2 aromatic heterocycles. The van der Waals surface area contributed by atoms with Crippen molar-refractivity contribution >= 4 is 11.0 Å². The summed E-state index contributed by atoms with van der Waals surface area (Å²) in [6.45, 7) is 3.90. The van der Waals surface area contributed by atoms with Crippen molar-refractivity contribution in [2.45, 2.75) is 45.1 Å². The van der Waals surface area contributed by atoms with Crippen molar-refractivity contribution in [3.8, 4) is 0 Å². The van der Waals surface area contributed by atoms with Gasteiger partial charge in [-0.1, -0.05) is 12.8 Å². The van der Waals surface area contributed by atoms with Crippen molar-refractivity contribution in [1.82, 2.24) is 15.0 Å². The largest absolute Gasteiger partial charge is 0.339 e. The van der Waals surface area contributed by atoms with E-state index in [2.05, 4.69) is 21.0 Å². The first-order chi connectivity index (χ1) is 8.52. The summed E-state index contributed by atoms with van der Waals surface area (Å²) in [4.78, 5) is 12.3. The fourth-order valence-corrected chi connectivity index (χ4v) is 2.15. The first-order valence-corrected chi connectivity index (χ1v) is 6.66. The van der Waals surface area contributed by atoms with E-state index < -0.39 is 5.54 Å². The van der Waals surface area contributed by atoms with Crippen LogP contribution in [-0.4, -0.2) is 15.0 Å². The standard InChI is InChI=1S/C14H20N4/c1-14(2,15)13-17-11-7-10(6-5-9-3-4-9)16-8-12(11)18-13/h7-9H,3-6,15H2,1-2H3,(H,17,18). The van der Waals surface area contributed by atoms with Gasteiger partial charge in [-0.3, -0.25) is 4.98 Å². The van der Waals surface area contributed by atoms with Crippen LogP contribution in [0.2, 0.25) is 0 Å². The number of fused-ring (bicyclic) bond motifs is 1. The fraction of sp³-hybridized carbons (Fsp3) is 0.571. The molecule has 3 N–H and O–H groups in total. The number of aryl methyl sites for hydroxylation is 1. The zero-order valence-corrected chi connectivity index (χ0v) is 11.0. The Morgan fingerprint density at radius 3 is 2.89 bits per heavy atom. The Balaban J connectivity index is 1.86. The van der Waals surface area contributed by atoms with E-state index in [1.165, 1.54) is 19.3 Å². The number of imidazole rings is 1. The topological polar surface area (TPSA) is 67.6 Å². The Kier molecular flexibility index (Phi) is 2.63. The van der Waals surface area contributed by atoms with Crippen molar-refractivity contribution in [2.24, 2.45) is 11.7 Å². The summed E-state index contributed by atoms with van der Waals surface area (Å²) in [7, 11) is 0. The van der Waals surface area contributed by atoms with E-state index in [9.17, 15) is 0 Å². The third-order valence-corrected chi connectivity index (χ3v) is 3.54. The van der Waals surface area contributed by atoms with Crippen molar-refractivity contribution in [3.63, 3.8) is 0 Å². The van der Waals surface area contributed by atoms with Crippen LogP contribution in [0.1, 0.15) is 44.6 Å². The number of pyridine rings is 1. The molecule has 0 unspecified atom stereocenters. The quantitative estimate of drug-likeness (QED) is 0.868. The predicted molar refractivity (Wildman–Crippen MR) is 72.1 cm³/mol. The maximum atomic E-state index is 6.05. The molecule has 0 bridgehead atoms. The number of rotatable bonds is 4. The van der Waals surface area contributed by atoms with Crippen LogP contribution >= 0.6 is 0 Å². The second-order valence-corrected chi connectivity index (χ2v) is 5.98. The van der Waals surface area contributed by atoms with E-state index in [-0.39, 0.29) is 0 Å². The lowest BCUT2D eigenvalue weighted by Gasteiger charge is -2.13. The summed E-state index contributed by atoms with van der Waals surface area (Å²) in [5.74, 6) is 1.76.